The Morgan fingerprint density at radius 1 is 1.50 bits per heavy atom. The van der Waals surface area contributed by atoms with Crippen LogP contribution in [-0.4, -0.2) is 51.6 Å². The Bertz CT molecular complexity index is 398. The Morgan fingerprint density at radius 3 is 3.00 bits per heavy atom. The third-order valence-electron chi connectivity index (χ3n) is 3.21. The van der Waals surface area contributed by atoms with Crippen LogP contribution in [0.2, 0.25) is 0 Å². The number of carbonyl (C=O) groups is 1. The van der Waals surface area contributed by atoms with Crippen molar-refractivity contribution in [3.8, 4) is 0 Å². The van der Waals surface area contributed by atoms with Gasteiger partial charge in [-0.05, 0) is 6.42 Å². The lowest BCUT2D eigenvalue weighted by molar-refractivity contribution is -0.130. The van der Waals surface area contributed by atoms with E-state index in [1.807, 2.05) is 0 Å². The van der Waals surface area contributed by atoms with Gasteiger partial charge in [0.1, 0.15) is 0 Å². The van der Waals surface area contributed by atoms with Crippen molar-refractivity contribution in [2.45, 2.75) is 18.9 Å². The number of amides is 1. The summed E-state index contributed by atoms with van der Waals surface area (Å²) >= 11 is 0. The van der Waals surface area contributed by atoms with Crippen LogP contribution < -0.4 is 5.73 Å². The molecular formula is C12H18N4O2. The molecule has 2 rings (SSSR count). The molecule has 0 saturated carbocycles. The highest BCUT2D eigenvalue weighted by atomic mass is 16.3. The number of likely N-dealkylation sites (tertiary alicyclic amines) is 1. The zero-order valence-corrected chi connectivity index (χ0v) is 10.2. The number of aromatic nitrogens is 2. The van der Waals surface area contributed by atoms with Crippen molar-refractivity contribution in [3.63, 3.8) is 0 Å². The van der Waals surface area contributed by atoms with Gasteiger partial charge in [-0.1, -0.05) is 0 Å². The van der Waals surface area contributed by atoms with E-state index in [1.54, 1.807) is 23.5 Å². The largest absolute Gasteiger partial charge is 0.391 e. The van der Waals surface area contributed by atoms with Crippen molar-refractivity contribution in [3.05, 3.63) is 24.3 Å². The van der Waals surface area contributed by atoms with Gasteiger partial charge in [-0.15, -0.1) is 0 Å². The normalized spacial score (nSPS) is 23.3. The molecule has 1 aliphatic rings. The van der Waals surface area contributed by atoms with Crippen LogP contribution >= 0.6 is 0 Å². The smallest absolute Gasteiger partial charge is 0.223 e. The Balaban J connectivity index is 1.93. The monoisotopic (exact) mass is 250 g/mol. The van der Waals surface area contributed by atoms with E-state index in [1.165, 1.54) is 0 Å². The maximum Gasteiger partial charge on any atom is 0.223 e. The third kappa shape index (κ3) is 3.02. The van der Waals surface area contributed by atoms with Crippen LogP contribution in [0.25, 0.3) is 0 Å². The van der Waals surface area contributed by atoms with Crippen molar-refractivity contribution in [1.29, 1.82) is 0 Å². The first-order valence-corrected chi connectivity index (χ1v) is 6.11. The third-order valence-corrected chi connectivity index (χ3v) is 3.21. The van der Waals surface area contributed by atoms with Gasteiger partial charge in [-0.3, -0.25) is 14.8 Å². The molecule has 0 unspecified atom stereocenters. The molecule has 98 valence electrons. The number of carbonyl (C=O) groups excluding carboxylic acids is 1. The summed E-state index contributed by atoms with van der Waals surface area (Å²) in [6.07, 6.45) is 5.43. The molecule has 1 aliphatic heterocycles. The second-order valence-corrected chi connectivity index (χ2v) is 4.57. The molecule has 0 aliphatic carbocycles. The fourth-order valence-corrected chi connectivity index (χ4v) is 2.24. The molecule has 3 N–H and O–H groups in total. The standard InChI is InChI=1S/C12H18N4O2/c13-2-1-12(18)16-7-9(11(17)8-16)5-10-6-14-3-4-15-10/h3-4,6,9,11,17H,1-2,5,7-8,13H2/t9-,11-/m1/s1. The number of rotatable bonds is 4. The molecule has 1 aromatic heterocycles. The average molecular weight is 250 g/mol. The summed E-state index contributed by atoms with van der Waals surface area (Å²) in [4.78, 5) is 21.6. The summed E-state index contributed by atoms with van der Waals surface area (Å²) in [5.41, 5.74) is 6.20. The lowest BCUT2D eigenvalue weighted by Crippen LogP contribution is -2.31. The van der Waals surface area contributed by atoms with Crippen LogP contribution in [0.1, 0.15) is 12.1 Å². The molecule has 2 heterocycles. The van der Waals surface area contributed by atoms with E-state index in [0.29, 0.717) is 32.5 Å². The van der Waals surface area contributed by atoms with Crippen LogP contribution in [0.15, 0.2) is 18.6 Å². The topological polar surface area (TPSA) is 92.3 Å². The quantitative estimate of drug-likeness (QED) is 0.729. The van der Waals surface area contributed by atoms with Crippen LogP contribution in [-0.2, 0) is 11.2 Å². The Labute approximate surface area is 106 Å². The Hall–Kier alpha value is -1.53. The zero-order chi connectivity index (χ0) is 13.0. The van der Waals surface area contributed by atoms with Crippen molar-refractivity contribution in [1.82, 2.24) is 14.9 Å². The zero-order valence-electron chi connectivity index (χ0n) is 10.2. The summed E-state index contributed by atoms with van der Waals surface area (Å²) in [5, 5.41) is 9.96. The summed E-state index contributed by atoms with van der Waals surface area (Å²) in [6, 6.07) is 0. The van der Waals surface area contributed by atoms with Gasteiger partial charge >= 0.3 is 0 Å². The Morgan fingerprint density at radius 2 is 2.33 bits per heavy atom. The van der Waals surface area contributed by atoms with E-state index in [9.17, 15) is 9.90 Å². The molecule has 6 heteroatoms. The van der Waals surface area contributed by atoms with Crippen molar-refractivity contribution >= 4 is 5.91 Å². The first-order valence-electron chi connectivity index (χ1n) is 6.11. The van der Waals surface area contributed by atoms with Gasteiger partial charge in [-0.25, -0.2) is 0 Å². The van der Waals surface area contributed by atoms with Gasteiger partial charge in [0.05, 0.1) is 11.8 Å². The maximum absolute atomic E-state index is 11.7. The predicted molar refractivity (Wildman–Crippen MR) is 65.5 cm³/mol. The molecule has 1 saturated heterocycles. The van der Waals surface area contributed by atoms with Crippen LogP contribution in [0.4, 0.5) is 0 Å². The highest BCUT2D eigenvalue weighted by Gasteiger charge is 2.33. The van der Waals surface area contributed by atoms with Gasteiger partial charge in [0.25, 0.3) is 0 Å². The second kappa shape index (κ2) is 5.88. The number of aliphatic hydroxyl groups is 1. The van der Waals surface area contributed by atoms with Crippen LogP contribution in [0.5, 0.6) is 0 Å². The van der Waals surface area contributed by atoms with Crippen molar-refractivity contribution < 1.29 is 9.90 Å². The maximum atomic E-state index is 11.7. The number of nitrogens with two attached hydrogens (primary N) is 1. The molecule has 0 spiro atoms. The van der Waals surface area contributed by atoms with Gasteiger partial charge in [0.2, 0.25) is 5.91 Å². The summed E-state index contributed by atoms with van der Waals surface area (Å²) in [6.45, 7) is 1.31. The summed E-state index contributed by atoms with van der Waals surface area (Å²) in [7, 11) is 0. The van der Waals surface area contributed by atoms with Gasteiger partial charge in [0, 0.05) is 50.6 Å². The first kappa shape index (κ1) is 12.9. The highest BCUT2D eigenvalue weighted by molar-refractivity contribution is 5.76. The number of hydrogen-bond donors (Lipinski definition) is 2. The number of β-amino-alcohol motifs (C(OH)–C–C–N with tert-alkyl or cyclic N) is 1. The fraction of sp³-hybridized carbons (Fsp3) is 0.583. The molecule has 18 heavy (non-hydrogen) atoms. The molecule has 2 atom stereocenters. The molecule has 1 fully saturated rings. The number of aliphatic hydroxyl groups excluding tert-OH is 1. The van der Waals surface area contributed by atoms with E-state index in [-0.39, 0.29) is 11.8 Å². The van der Waals surface area contributed by atoms with E-state index >= 15 is 0 Å². The Kier molecular flexibility index (Phi) is 4.22. The highest BCUT2D eigenvalue weighted by Crippen LogP contribution is 2.21. The van der Waals surface area contributed by atoms with Crippen LogP contribution in [0.3, 0.4) is 0 Å². The van der Waals surface area contributed by atoms with Crippen molar-refractivity contribution in [2.75, 3.05) is 19.6 Å². The minimum atomic E-state index is -0.492. The molecule has 0 aromatic carbocycles. The minimum absolute atomic E-state index is 0.0122. The SMILES string of the molecule is NCCC(=O)N1C[C@@H](Cc2cnccn2)[C@H](O)C1. The van der Waals surface area contributed by atoms with E-state index < -0.39 is 6.10 Å². The summed E-state index contributed by atoms with van der Waals surface area (Å²) < 4.78 is 0. The summed E-state index contributed by atoms with van der Waals surface area (Å²) in [5.74, 6) is 0.0432. The van der Waals surface area contributed by atoms with Crippen molar-refractivity contribution in [2.24, 2.45) is 11.7 Å². The lowest BCUT2D eigenvalue weighted by atomic mass is 10.0. The molecule has 6 nitrogen and oxygen atoms in total. The lowest BCUT2D eigenvalue weighted by Gasteiger charge is -2.15. The van der Waals surface area contributed by atoms with Gasteiger partial charge in [-0.2, -0.15) is 0 Å². The molecule has 0 bridgehead atoms. The van der Waals surface area contributed by atoms with Crippen LogP contribution in [0, 0.1) is 5.92 Å². The second-order valence-electron chi connectivity index (χ2n) is 4.57. The number of hydrogen-bond acceptors (Lipinski definition) is 5. The van der Waals surface area contributed by atoms with E-state index in [0.717, 1.165) is 5.69 Å². The van der Waals surface area contributed by atoms with Gasteiger partial charge < -0.3 is 15.7 Å². The average Bonchev–Trinajstić information content (AvgIpc) is 2.73. The van der Waals surface area contributed by atoms with E-state index in [2.05, 4.69) is 9.97 Å². The van der Waals surface area contributed by atoms with E-state index in [4.69, 9.17) is 5.73 Å². The number of nitrogens with zero attached hydrogens (tertiary/aromatic N) is 3. The fourth-order valence-electron chi connectivity index (χ4n) is 2.24. The molecular weight excluding hydrogens is 232 g/mol. The molecule has 0 radical (unpaired) electrons. The predicted octanol–water partition coefficient (Wildman–Crippen LogP) is -0.813. The van der Waals surface area contributed by atoms with Gasteiger partial charge in [0.15, 0.2) is 0 Å². The molecule has 1 aromatic rings. The molecule has 1 amide bonds. The first-order chi connectivity index (χ1) is 8.70. The minimum Gasteiger partial charge on any atom is -0.391 e.